The van der Waals surface area contributed by atoms with E-state index < -0.39 is 0 Å². The molecule has 1 aromatic heterocycles. The highest BCUT2D eigenvalue weighted by Crippen LogP contribution is 2.04. The van der Waals surface area contributed by atoms with Gasteiger partial charge in [0.15, 0.2) is 5.78 Å². The lowest BCUT2D eigenvalue weighted by molar-refractivity contribution is 0.104. The van der Waals surface area contributed by atoms with E-state index in [2.05, 4.69) is 5.10 Å². The summed E-state index contributed by atoms with van der Waals surface area (Å²) >= 11 is 0. The molecule has 1 aromatic carbocycles. The topological polar surface area (TPSA) is 34.9 Å². The molecular formula is C13H12N2O. The molecule has 2 rings (SSSR count). The smallest absolute Gasteiger partial charge is 0.185 e. The lowest BCUT2D eigenvalue weighted by Gasteiger charge is -1.95. The van der Waals surface area contributed by atoms with Gasteiger partial charge in [-0.3, -0.25) is 9.48 Å². The Labute approximate surface area is 94.0 Å². The van der Waals surface area contributed by atoms with Crippen LogP contribution in [0.15, 0.2) is 48.7 Å². The number of carbonyl (C=O) groups is 1. The molecule has 2 aromatic rings. The van der Waals surface area contributed by atoms with Crippen molar-refractivity contribution in [3.05, 3.63) is 59.9 Å². The average Bonchev–Trinajstić information content (AvgIpc) is 2.73. The highest BCUT2D eigenvalue weighted by molar-refractivity contribution is 6.06. The Morgan fingerprint density at radius 3 is 2.62 bits per heavy atom. The van der Waals surface area contributed by atoms with Crippen LogP contribution >= 0.6 is 0 Å². The third-order valence-electron chi connectivity index (χ3n) is 2.32. The Balaban J connectivity index is 2.15. The van der Waals surface area contributed by atoms with Gasteiger partial charge < -0.3 is 0 Å². The summed E-state index contributed by atoms with van der Waals surface area (Å²) < 4.78 is 1.72. The predicted molar refractivity (Wildman–Crippen MR) is 63.0 cm³/mol. The van der Waals surface area contributed by atoms with Gasteiger partial charge in [-0.2, -0.15) is 5.10 Å². The zero-order chi connectivity index (χ0) is 11.4. The number of nitrogens with zero attached hydrogens (tertiary/aromatic N) is 2. The summed E-state index contributed by atoms with van der Waals surface area (Å²) in [5, 5.41) is 4.02. The van der Waals surface area contributed by atoms with Gasteiger partial charge in [-0.05, 0) is 18.2 Å². The molecule has 1 heterocycles. The molecule has 0 amide bonds. The molecule has 0 spiro atoms. The molecule has 0 saturated heterocycles. The molecule has 3 heteroatoms. The van der Waals surface area contributed by atoms with Gasteiger partial charge in [0.05, 0.1) is 5.69 Å². The normalized spacial score (nSPS) is 10.8. The van der Waals surface area contributed by atoms with Crippen LogP contribution < -0.4 is 0 Å². The maximum atomic E-state index is 11.7. The summed E-state index contributed by atoms with van der Waals surface area (Å²) in [6.45, 7) is 0. The van der Waals surface area contributed by atoms with Crippen molar-refractivity contribution in [3.8, 4) is 0 Å². The molecule has 0 radical (unpaired) electrons. The van der Waals surface area contributed by atoms with Crippen LogP contribution in [0.1, 0.15) is 16.1 Å². The van der Waals surface area contributed by atoms with Crippen LogP contribution in [-0.2, 0) is 7.05 Å². The second kappa shape index (κ2) is 4.57. The molecule has 0 aliphatic carbocycles. The molecule has 0 bridgehead atoms. The van der Waals surface area contributed by atoms with Gasteiger partial charge in [-0.1, -0.05) is 30.3 Å². The fraction of sp³-hybridized carbons (Fsp3) is 0.0769. The van der Waals surface area contributed by atoms with Gasteiger partial charge in [-0.25, -0.2) is 0 Å². The molecule has 0 atom stereocenters. The summed E-state index contributed by atoms with van der Waals surface area (Å²) in [6, 6.07) is 11.1. The molecular weight excluding hydrogens is 200 g/mol. The van der Waals surface area contributed by atoms with Crippen molar-refractivity contribution in [2.45, 2.75) is 0 Å². The number of aryl methyl sites for hydroxylation is 1. The largest absolute Gasteiger partial charge is 0.289 e. The number of hydrogen-bond acceptors (Lipinski definition) is 2. The van der Waals surface area contributed by atoms with E-state index in [1.165, 1.54) is 0 Å². The lowest BCUT2D eigenvalue weighted by Crippen LogP contribution is -1.95. The maximum Gasteiger partial charge on any atom is 0.185 e. The molecule has 0 aliphatic heterocycles. The summed E-state index contributed by atoms with van der Waals surface area (Å²) in [5.41, 5.74) is 1.60. The molecule has 80 valence electrons. The first-order valence-corrected chi connectivity index (χ1v) is 5.03. The minimum atomic E-state index is 0.00167. The molecule has 0 aliphatic rings. The second-order valence-electron chi connectivity index (χ2n) is 3.44. The predicted octanol–water partition coefficient (Wildman–Crippen LogP) is 2.32. The third kappa shape index (κ3) is 2.25. The monoisotopic (exact) mass is 212 g/mol. The Hall–Kier alpha value is -2.16. The van der Waals surface area contributed by atoms with E-state index in [4.69, 9.17) is 0 Å². The second-order valence-corrected chi connectivity index (χ2v) is 3.44. The van der Waals surface area contributed by atoms with Crippen LogP contribution in [0.4, 0.5) is 0 Å². The van der Waals surface area contributed by atoms with E-state index in [1.54, 1.807) is 35.2 Å². The van der Waals surface area contributed by atoms with Gasteiger partial charge in [0.1, 0.15) is 0 Å². The first-order chi connectivity index (χ1) is 7.77. The molecule has 0 unspecified atom stereocenters. The van der Waals surface area contributed by atoms with Crippen LogP contribution in [0.5, 0.6) is 0 Å². The lowest BCUT2D eigenvalue weighted by atomic mass is 10.1. The highest BCUT2D eigenvalue weighted by Gasteiger charge is 2.00. The zero-order valence-corrected chi connectivity index (χ0v) is 9.00. The summed E-state index contributed by atoms with van der Waals surface area (Å²) in [7, 11) is 1.84. The zero-order valence-electron chi connectivity index (χ0n) is 9.00. The van der Waals surface area contributed by atoms with E-state index >= 15 is 0 Å². The van der Waals surface area contributed by atoms with Gasteiger partial charge in [-0.15, -0.1) is 0 Å². The van der Waals surface area contributed by atoms with E-state index in [0.717, 1.165) is 5.69 Å². The van der Waals surface area contributed by atoms with Crippen molar-refractivity contribution in [2.75, 3.05) is 0 Å². The van der Waals surface area contributed by atoms with Crippen LogP contribution in [0.25, 0.3) is 6.08 Å². The molecule has 3 nitrogen and oxygen atoms in total. The number of ketones is 1. The Kier molecular flexibility index (Phi) is 2.96. The molecule has 0 fully saturated rings. The summed E-state index contributed by atoms with van der Waals surface area (Å²) in [5.74, 6) is 0.00167. The molecule has 0 N–H and O–H groups in total. The Morgan fingerprint density at radius 1 is 1.25 bits per heavy atom. The van der Waals surface area contributed by atoms with Gasteiger partial charge in [0.2, 0.25) is 0 Å². The first-order valence-electron chi connectivity index (χ1n) is 5.03. The fourth-order valence-electron chi connectivity index (χ4n) is 1.41. The van der Waals surface area contributed by atoms with Crippen molar-refractivity contribution in [2.24, 2.45) is 7.05 Å². The molecule has 16 heavy (non-hydrogen) atoms. The number of hydrogen-bond donors (Lipinski definition) is 0. The standard InChI is InChI=1S/C13H12N2O/c1-15-12(9-10-14-15)7-8-13(16)11-5-3-2-4-6-11/h2-10H,1H3/b8-7+. The van der Waals surface area contributed by atoms with Crippen LogP contribution in [0.3, 0.4) is 0 Å². The number of allylic oxidation sites excluding steroid dienone is 1. The van der Waals surface area contributed by atoms with Crippen molar-refractivity contribution in [1.82, 2.24) is 9.78 Å². The number of benzene rings is 1. The van der Waals surface area contributed by atoms with Crippen LogP contribution in [-0.4, -0.2) is 15.6 Å². The number of carbonyl (C=O) groups excluding carboxylic acids is 1. The maximum absolute atomic E-state index is 11.7. The summed E-state index contributed by atoms with van der Waals surface area (Å²) in [6.07, 6.45) is 5.03. The van der Waals surface area contributed by atoms with E-state index in [1.807, 2.05) is 31.3 Å². The fourth-order valence-corrected chi connectivity index (χ4v) is 1.41. The summed E-state index contributed by atoms with van der Waals surface area (Å²) in [4.78, 5) is 11.7. The third-order valence-corrected chi connectivity index (χ3v) is 2.32. The average molecular weight is 212 g/mol. The van der Waals surface area contributed by atoms with Crippen LogP contribution in [0.2, 0.25) is 0 Å². The van der Waals surface area contributed by atoms with Crippen LogP contribution in [0, 0.1) is 0 Å². The van der Waals surface area contributed by atoms with Crippen molar-refractivity contribution >= 4 is 11.9 Å². The van der Waals surface area contributed by atoms with E-state index in [9.17, 15) is 4.79 Å². The van der Waals surface area contributed by atoms with Crippen molar-refractivity contribution in [3.63, 3.8) is 0 Å². The molecule has 0 saturated carbocycles. The van der Waals surface area contributed by atoms with Gasteiger partial charge >= 0.3 is 0 Å². The Bertz CT molecular complexity index is 512. The quantitative estimate of drug-likeness (QED) is 0.578. The minimum absolute atomic E-state index is 0.00167. The minimum Gasteiger partial charge on any atom is -0.289 e. The number of rotatable bonds is 3. The number of aromatic nitrogens is 2. The Morgan fingerprint density at radius 2 is 2.00 bits per heavy atom. The van der Waals surface area contributed by atoms with E-state index in [0.29, 0.717) is 5.56 Å². The first kappa shape index (κ1) is 10.4. The van der Waals surface area contributed by atoms with Crippen molar-refractivity contribution < 1.29 is 4.79 Å². The van der Waals surface area contributed by atoms with Gasteiger partial charge in [0.25, 0.3) is 0 Å². The SMILES string of the molecule is Cn1nccc1/C=C/C(=O)c1ccccc1. The highest BCUT2D eigenvalue weighted by atomic mass is 16.1. The van der Waals surface area contributed by atoms with E-state index in [-0.39, 0.29) is 5.78 Å². The van der Waals surface area contributed by atoms with Gasteiger partial charge in [0, 0.05) is 18.8 Å². The van der Waals surface area contributed by atoms with Crippen molar-refractivity contribution in [1.29, 1.82) is 0 Å².